The summed E-state index contributed by atoms with van der Waals surface area (Å²) in [7, 11) is 6.54. The lowest BCUT2D eigenvalue weighted by atomic mass is 9.96. The maximum Gasteiger partial charge on any atom is 0.311 e. The number of rotatable bonds is 4. The smallest absolute Gasteiger partial charge is 0.311 e. The van der Waals surface area contributed by atoms with Crippen LogP contribution in [0.15, 0.2) is 23.2 Å². The van der Waals surface area contributed by atoms with Crippen LogP contribution < -0.4 is 4.90 Å². The van der Waals surface area contributed by atoms with Crippen molar-refractivity contribution >= 4 is 49.5 Å². The molecule has 168 valence electrons. The van der Waals surface area contributed by atoms with Gasteiger partial charge in [0.2, 0.25) is 0 Å². The number of thiophene rings is 1. The Morgan fingerprint density at radius 1 is 1.06 bits per heavy atom. The fourth-order valence-corrected chi connectivity index (χ4v) is 4.49. The molecule has 0 aliphatic rings. The summed E-state index contributed by atoms with van der Waals surface area (Å²) < 4.78 is 59.6. The Kier molecular flexibility index (Phi) is 5.63. The van der Waals surface area contributed by atoms with E-state index in [0.717, 1.165) is 23.5 Å². The van der Waals surface area contributed by atoms with E-state index in [1.165, 1.54) is 17.3 Å². The van der Waals surface area contributed by atoms with Crippen LogP contribution in [0.25, 0.3) is 32.1 Å². The van der Waals surface area contributed by atoms with E-state index in [1.807, 2.05) is 6.07 Å². The third-order valence-electron chi connectivity index (χ3n) is 4.82. The fraction of sp³-hybridized carbons (Fsp3) is 0.182. The van der Waals surface area contributed by atoms with Crippen LogP contribution in [0.1, 0.15) is 5.56 Å². The van der Waals surface area contributed by atoms with Gasteiger partial charge in [-0.3, -0.25) is 0 Å². The number of benzene rings is 2. The van der Waals surface area contributed by atoms with Crippen molar-refractivity contribution in [2.45, 2.75) is 0 Å². The molecule has 0 radical (unpaired) electrons. The standard InChI is InChI=1S/C22H16F4N6S/c1-31(2)9-28-21-12(8-27)15-10(5-6-13(23)19(15)33-21)16-14(24)7-11-18(17(16)25)29-22(26)30-20(11)32(3)4/h5-7,9H,1-4H3. The largest absolute Gasteiger partial charge is 0.369 e. The molecule has 4 aromatic rings. The molecule has 11 heteroatoms. The summed E-state index contributed by atoms with van der Waals surface area (Å²) in [6, 6.07) is 5.21. The van der Waals surface area contributed by atoms with Crippen LogP contribution in [-0.2, 0) is 0 Å². The lowest BCUT2D eigenvalue weighted by Crippen LogP contribution is -2.13. The Hall–Kier alpha value is -3.78. The number of fused-ring (bicyclic) bond motifs is 2. The van der Waals surface area contributed by atoms with Crippen LogP contribution >= 0.6 is 11.3 Å². The molecule has 0 fully saturated rings. The monoisotopic (exact) mass is 472 g/mol. The second-order valence-corrected chi connectivity index (χ2v) is 8.55. The molecule has 2 heterocycles. The van der Waals surface area contributed by atoms with Crippen molar-refractivity contribution in [3.8, 4) is 17.2 Å². The Balaban J connectivity index is 2.11. The number of halogens is 4. The Morgan fingerprint density at radius 2 is 1.79 bits per heavy atom. The highest BCUT2D eigenvalue weighted by molar-refractivity contribution is 7.23. The number of hydrogen-bond donors (Lipinski definition) is 0. The van der Waals surface area contributed by atoms with E-state index in [-0.39, 0.29) is 37.4 Å². The minimum Gasteiger partial charge on any atom is -0.369 e. The van der Waals surface area contributed by atoms with Crippen molar-refractivity contribution in [1.29, 1.82) is 5.26 Å². The molecule has 2 aromatic carbocycles. The first kappa shape index (κ1) is 22.4. The van der Waals surface area contributed by atoms with Gasteiger partial charge >= 0.3 is 6.08 Å². The average Bonchev–Trinajstić information content (AvgIpc) is 3.13. The van der Waals surface area contributed by atoms with E-state index in [0.29, 0.717) is 0 Å². The molecule has 0 bridgehead atoms. The number of aliphatic imine (C=N–C) groups is 1. The maximum atomic E-state index is 15.6. The topological polar surface area (TPSA) is 68.4 Å². The molecule has 0 saturated carbocycles. The summed E-state index contributed by atoms with van der Waals surface area (Å²) in [5.74, 6) is -2.79. The molecule has 2 aromatic heterocycles. The fourth-order valence-electron chi connectivity index (χ4n) is 3.47. The predicted molar refractivity (Wildman–Crippen MR) is 121 cm³/mol. The zero-order valence-electron chi connectivity index (χ0n) is 17.9. The first-order valence-electron chi connectivity index (χ1n) is 9.52. The van der Waals surface area contributed by atoms with Crippen LogP contribution in [0.5, 0.6) is 0 Å². The van der Waals surface area contributed by atoms with Crippen molar-refractivity contribution in [2.75, 3.05) is 33.1 Å². The summed E-state index contributed by atoms with van der Waals surface area (Å²) in [5, 5.41) is 9.95. The molecular weight excluding hydrogens is 456 g/mol. The second kappa shape index (κ2) is 8.29. The SMILES string of the molecule is CN(C)C=Nc1sc2c(F)ccc(-c3c(F)cc4c(N(C)C)nc(F)nc4c3F)c2c1C#N. The van der Waals surface area contributed by atoms with Gasteiger partial charge in [0.1, 0.15) is 34.0 Å². The highest BCUT2D eigenvalue weighted by atomic mass is 32.1. The van der Waals surface area contributed by atoms with Gasteiger partial charge in [-0.05, 0) is 17.7 Å². The third-order valence-corrected chi connectivity index (χ3v) is 5.92. The molecule has 4 rings (SSSR count). The number of aromatic nitrogens is 2. The van der Waals surface area contributed by atoms with Gasteiger partial charge in [-0.25, -0.2) is 18.2 Å². The highest BCUT2D eigenvalue weighted by Crippen LogP contribution is 2.45. The molecule has 0 N–H and O–H groups in total. The molecular formula is C22H16F4N6S. The van der Waals surface area contributed by atoms with Crippen LogP contribution in [0.4, 0.5) is 28.4 Å². The van der Waals surface area contributed by atoms with Gasteiger partial charge in [0, 0.05) is 39.0 Å². The van der Waals surface area contributed by atoms with Gasteiger partial charge in [-0.15, -0.1) is 11.3 Å². The molecule has 6 nitrogen and oxygen atoms in total. The first-order chi connectivity index (χ1) is 15.6. The zero-order chi connectivity index (χ0) is 24.0. The summed E-state index contributed by atoms with van der Waals surface area (Å²) >= 11 is 0.891. The van der Waals surface area contributed by atoms with E-state index >= 15 is 8.78 Å². The van der Waals surface area contributed by atoms with Gasteiger partial charge in [-0.2, -0.15) is 19.6 Å². The summed E-state index contributed by atoms with van der Waals surface area (Å²) in [6.45, 7) is 0. The van der Waals surface area contributed by atoms with Gasteiger partial charge in [0.05, 0.1) is 22.2 Å². The molecule has 0 saturated heterocycles. The quantitative estimate of drug-likeness (QED) is 0.176. The Morgan fingerprint density at radius 3 is 2.42 bits per heavy atom. The van der Waals surface area contributed by atoms with Crippen molar-refractivity contribution in [1.82, 2.24) is 14.9 Å². The molecule has 0 spiro atoms. The van der Waals surface area contributed by atoms with Crippen LogP contribution in [0, 0.1) is 34.9 Å². The molecule has 0 unspecified atom stereocenters. The number of hydrogen-bond acceptors (Lipinski definition) is 6. The minimum atomic E-state index is -1.18. The first-order valence-corrected chi connectivity index (χ1v) is 10.3. The van der Waals surface area contributed by atoms with E-state index in [2.05, 4.69) is 15.0 Å². The van der Waals surface area contributed by atoms with Crippen molar-refractivity contribution < 1.29 is 17.6 Å². The molecule has 0 amide bonds. The average molecular weight is 472 g/mol. The summed E-state index contributed by atoms with van der Waals surface area (Å²) in [6.07, 6.45) is 0.253. The lowest BCUT2D eigenvalue weighted by molar-refractivity contribution is 0.538. The number of anilines is 1. The normalized spacial score (nSPS) is 11.5. The van der Waals surface area contributed by atoms with Crippen LogP contribution in [-0.4, -0.2) is 49.4 Å². The summed E-state index contributed by atoms with van der Waals surface area (Å²) in [4.78, 5) is 14.4. The predicted octanol–water partition coefficient (Wildman–Crippen LogP) is 5.23. The Bertz CT molecular complexity index is 1490. The lowest BCUT2D eigenvalue weighted by Gasteiger charge is -2.16. The van der Waals surface area contributed by atoms with E-state index < -0.39 is 34.6 Å². The molecule has 0 aliphatic carbocycles. The molecule has 0 atom stereocenters. The highest BCUT2D eigenvalue weighted by Gasteiger charge is 2.26. The minimum absolute atomic E-state index is 0.000316. The van der Waals surface area contributed by atoms with Crippen LogP contribution in [0.2, 0.25) is 0 Å². The number of nitriles is 1. The molecule has 0 aliphatic heterocycles. The van der Waals surface area contributed by atoms with Gasteiger partial charge in [-0.1, -0.05) is 6.07 Å². The number of nitrogens with zero attached hydrogens (tertiary/aromatic N) is 6. The van der Waals surface area contributed by atoms with E-state index in [9.17, 15) is 14.0 Å². The van der Waals surface area contributed by atoms with Crippen molar-refractivity contribution in [3.63, 3.8) is 0 Å². The zero-order valence-corrected chi connectivity index (χ0v) is 18.7. The van der Waals surface area contributed by atoms with Gasteiger partial charge in [0.25, 0.3) is 0 Å². The van der Waals surface area contributed by atoms with Crippen molar-refractivity contribution in [2.24, 2.45) is 4.99 Å². The third kappa shape index (κ3) is 3.72. The Labute approximate surface area is 190 Å². The van der Waals surface area contributed by atoms with E-state index in [4.69, 9.17) is 0 Å². The van der Waals surface area contributed by atoms with Gasteiger partial charge < -0.3 is 9.80 Å². The van der Waals surface area contributed by atoms with E-state index in [1.54, 1.807) is 33.1 Å². The summed E-state index contributed by atoms with van der Waals surface area (Å²) in [5.41, 5.74) is -1.07. The van der Waals surface area contributed by atoms with Crippen LogP contribution in [0.3, 0.4) is 0 Å². The van der Waals surface area contributed by atoms with Crippen molar-refractivity contribution in [3.05, 3.63) is 47.3 Å². The maximum absolute atomic E-state index is 15.6. The molecule has 33 heavy (non-hydrogen) atoms. The second-order valence-electron chi connectivity index (χ2n) is 7.56. The van der Waals surface area contributed by atoms with Gasteiger partial charge in [0.15, 0.2) is 5.82 Å².